The fourth-order valence-corrected chi connectivity index (χ4v) is 1.67. The third-order valence-corrected chi connectivity index (χ3v) is 2.42. The average molecular weight is 243 g/mol. The van der Waals surface area contributed by atoms with Crippen molar-refractivity contribution in [2.75, 3.05) is 0 Å². The van der Waals surface area contributed by atoms with E-state index in [0.29, 0.717) is 4.90 Å². The number of carbonyl (C=O) groups excluding carboxylic acids is 2. The van der Waals surface area contributed by atoms with Crippen LogP contribution < -0.4 is 0 Å². The average Bonchev–Trinajstić information content (AvgIpc) is 2.40. The minimum Gasteiger partial charge on any atom is -0.480 e. The smallest absolute Gasteiger partial charge is 0.417 e. The maximum atomic E-state index is 11.8. The molecule has 1 rings (SSSR count). The van der Waals surface area contributed by atoms with E-state index >= 15 is 0 Å². The van der Waals surface area contributed by atoms with Gasteiger partial charge in [-0.05, 0) is 27.2 Å². The Bertz CT molecular complexity index is 357. The van der Waals surface area contributed by atoms with Gasteiger partial charge in [-0.3, -0.25) is 4.79 Å². The molecule has 0 aromatic heterocycles. The molecular formula is C11H17NO5. The molecule has 0 aliphatic carbocycles. The number of likely N-dealkylation sites (tertiary alicyclic amines) is 1. The van der Waals surface area contributed by atoms with Crippen LogP contribution in [0.1, 0.15) is 34.1 Å². The molecule has 1 heterocycles. The summed E-state index contributed by atoms with van der Waals surface area (Å²) in [7, 11) is 0. The summed E-state index contributed by atoms with van der Waals surface area (Å²) in [6.07, 6.45) is -0.757. The van der Waals surface area contributed by atoms with Crippen LogP contribution in [-0.4, -0.2) is 39.6 Å². The Hall–Kier alpha value is -1.59. The molecule has 6 heteroatoms. The molecule has 0 unspecified atom stereocenters. The van der Waals surface area contributed by atoms with Crippen molar-refractivity contribution < 1.29 is 24.2 Å². The molecule has 0 bridgehead atoms. The van der Waals surface area contributed by atoms with E-state index in [2.05, 4.69) is 0 Å². The number of ether oxygens (including phenoxy) is 1. The SMILES string of the molecule is C[C@@H]1C[C@H](C(=O)O)N(C(=O)OC(C)(C)C)C1=O. The predicted octanol–water partition coefficient (Wildman–Crippen LogP) is 1.24. The molecule has 1 aliphatic heterocycles. The molecule has 0 saturated carbocycles. The molecule has 17 heavy (non-hydrogen) atoms. The number of carbonyl (C=O) groups is 3. The molecule has 2 atom stereocenters. The fourth-order valence-electron chi connectivity index (χ4n) is 1.67. The monoisotopic (exact) mass is 243 g/mol. The second-order valence-corrected chi connectivity index (χ2v) is 5.18. The van der Waals surface area contributed by atoms with Gasteiger partial charge >= 0.3 is 12.1 Å². The maximum absolute atomic E-state index is 11.8. The first-order valence-corrected chi connectivity index (χ1v) is 5.42. The Morgan fingerprint density at radius 2 is 1.94 bits per heavy atom. The summed E-state index contributed by atoms with van der Waals surface area (Å²) in [6, 6.07) is -1.12. The Morgan fingerprint density at radius 3 is 2.35 bits per heavy atom. The molecule has 6 nitrogen and oxygen atoms in total. The van der Waals surface area contributed by atoms with E-state index in [0.717, 1.165) is 0 Å². The number of hydrogen-bond acceptors (Lipinski definition) is 4. The number of carboxylic acid groups (broad SMARTS) is 1. The predicted molar refractivity (Wildman–Crippen MR) is 58.3 cm³/mol. The molecule has 0 radical (unpaired) electrons. The lowest BCUT2D eigenvalue weighted by atomic mass is 10.1. The van der Waals surface area contributed by atoms with Crippen LogP contribution >= 0.6 is 0 Å². The number of rotatable bonds is 1. The van der Waals surface area contributed by atoms with Crippen LogP contribution in [0.2, 0.25) is 0 Å². The molecule has 2 amide bonds. The van der Waals surface area contributed by atoms with Crippen molar-refractivity contribution in [1.29, 1.82) is 0 Å². The highest BCUT2D eigenvalue weighted by Crippen LogP contribution is 2.26. The number of carboxylic acids is 1. The van der Waals surface area contributed by atoms with Crippen molar-refractivity contribution in [3.05, 3.63) is 0 Å². The topological polar surface area (TPSA) is 83.9 Å². The van der Waals surface area contributed by atoms with E-state index in [4.69, 9.17) is 9.84 Å². The fraction of sp³-hybridized carbons (Fsp3) is 0.727. The lowest BCUT2D eigenvalue weighted by Gasteiger charge is -2.25. The van der Waals surface area contributed by atoms with Gasteiger partial charge in [0.15, 0.2) is 0 Å². The maximum Gasteiger partial charge on any atom is 0.417 e. The highest BCUT2D eigenvalue weighted by atomic mass is 16.6. The lowest BCUT2D eigenvalue weighted by Crippen LogP contribution is -2.45. The summed E-state index contributed by atoms with van der Waals surface area (Å²) in [5.74, 6) is -2.15. The van der Waals surface area contributed by atoms with Gasteiger partial charge in [-0.1, -0.05) is 6.92 Å². The van der Waals surface area contributed by atoms with Gasteiger partial charge in [0, 0.05) is 5.92 Å². The molecule has 0 spiro atoms. The number of aliphatic carboxylic acids is 1. The van der Waals surface area contributed by atoms with Crippen LogP contribution in [0.25, 0.3) is 0 Å². The van der Waals surface area contributed by atoms with Crippen LogP contribution in [0, 0.1) is 5.92 Å². The van der Waals surface area contributed by atoms with Crippen molar-refractivity contribution in [3.63, 3.8) is 0 Å². The van der Waals surface area contributed by atoms with Crippen LogP contribution in [-0.2, 0) is 14.3 Å². The minimum atomic E-state index is -1.19. The highest BCUT2D eigenvalue weighted by Gasteiger charge is 2.46. The summed E-state index contributed by atoms with van der Waals surface area (Å²) in [5.41, 5.74) is -0.758. The largest absolute Gasteiger partial charge is 0.480 e. The van der Waals surface area contributed by atoms with Gasteiger partial charge in [-0.2, -0.15) is 0 Å². The van der Waals surface area contributed by atoms with Crippen LogP contribution in [0.15, 0.2) is 0 Å². The second-order valence-electron chi connectivity index (χ2n) is 5.18. The zero-order chi connectivity index (χ0) is 13.4. The van der Waals surface area contributed by atoms with E-state index < -0.39 is 35.5 Å². The molecule has 1 fully saturated rings. The van der Waals surface area contributed by atoms with Gasteiger partial charge < -0.3 is 9.84 Å². The zero-order valence-electron chi connectivity index (χ0n) is 10.4. The van der Waals surface area contributed by atoms with E-state index in [-0.39, 0.29) is 6.42 Å². The van der Waals surface area contributed by atoms with Gasteiger partial charge in [-0.15, -0.1) is 0 Å². The van der Waals surface area contributed by atoms with Crippen molar-refractivity contribution >= 4 is 18.0 Å². The summed E-state index contributed by atoms with van der Waals surface area (Å²) < 4.78 is 5.02. The molecular weight excluding hydrogens is 226 g/mol. The van der Waals surface area contributed by atoms with Crippen molar-refractivity contribution in [2.45, 2.75) is 45.8 Å². The molecule has 0 aromatic rings. The normalized spacial score (nSPS) is 24.9. The zero-order valence-corrected chi connectivity index (χ0v) is 10.4. The van der Waals surface area contributed by atoms with Gasteiger partial charge in [-0.25, -0.2) is 14.5 Å². The standard InChI is InChI=1S/C11H17NO5/c1-6-5-7(9(14)15)12(8(6)13)10(16)17-11(2,3)4/h6-7H,5H2,1-4H3,(H,14,15)/t6-,7-/m1/s1. The number of nitrogens with zero attached hydrogens (tertiary/aromatic N) is 1. The lowest BCUT2D eigenvalue weighted by molar-refractivity contribution is -0.145. The van der Waals surface area contributed by atoms with E-state index in [1.165, 1.54) is 0 Å². The third-order valence-electron chi connectivity index (χ3n) is 2.42. The number of imide groups is 1. The summed E-state index contributed by atoms with van der Waals surface area (Å²) in [5, 5.41) is 8.96. The minimum absolute atomic E-state index is 0.132. The van der Waals surface area contributed by atoms with Crippen molar-refractivity contribution in [3.8, 4) is 0 Å². The summed E-state index contributed by atoms with van der Waals surface area (Å²) in [4.78, 5) is 35.1. The van der Waals surface area contributed by atoms with Gasteiger partial charge in [0.2, 0.25) is 5.91 Å². The first-order chi connectivity index (χ1) is 7.63. The highest BCUT2D eigenvalue weighted by molar-refractivity contribution is 6.00. The number of amides is 2. The summed E-state index contributed by atoms with van der Waals surface area (Å²) >= 11 is 0. The van der Waals surface area contributed by atoms with Crippen LogP contribution in [0.5, 0.6) is 0 Å². The van der Waals surface area contributed by atoms with Crippen LogP contribution in [0.3, 0.4) is 0 Å². The van der Waals surface area contributed by atoms with E-state index in [1.807, 2.05) is 0 Å². The Morgan fingerprint density at radius 1 is 1.41 bits per heavy atom. The molecule has 96 valence electrons. The molecule has 1 N–H and O–H groups in total. The van der Waals surface area contributed by atoms with Gasteiger partial charge in [0.25, 0.3) is 0 Å². The van der Waals surface area contributed by atoms with Crippen LogP contribution in [0.4, 0.5) is 4.79 Å². The number of hydrogen-bond donors (Lipinski definition) is 1. The Kier molecular flexibility index (Phi) is 3.45. The van der Waals surface area contributed by atoms with Gasteiger partial charge in [0.1, 0.15) is 11.6 Å². The molecule has 1 saturated heterocycles. The Balaban J connectivity index is 2.89. The first kappa shape index (κ1) is 13.5. The van der Waals surface area contributed by atoms with Crippen molar-refractivity contribution in [1.82, 2.24) is 4.90 Å². The second kappa shape index (κ2) is 4.35. The molecule has 1 aliphatic rings. The summed E-state index contributed by atoms with van der Waals surface area (Å²) in [6.45, 7) is 6.57. The van der Waals surface area contributed by atoms with E-state index in [9.17, 15) is 14.4 Å². The van der Waals surface area contributed by atoms with Gasteiger partial charge in [0.05, 0.1) is 0 Å². The first-order valence-electron chi connectivity index (χ1n) is 5.42. The third kappa shape index (κ3) is 2.95. The van der Waals surface area contributed by atoms with Crippen molar-refractivity contribution in [2.24, 2.45) is 5.92 Å². The Labute approximate surface area is 99.5 Å². The molecule has 0 aromatic carbocycles. The quantitative estimate of drug-likeness (QED) is 0.749. The van der Waals surface area contributed by atoms with E-state index in [1.54, 1.807) is 27.7 Å².